The molecule has 4 rings (SSSR count). The maximum atomic E-state index is 13.0. The molecule has 0 bridgehead atoms. The number of amides is 1. The third kappa shape index (κ3) is 2.86. The normalized spacial score (nSPS) is 18.5. The molecule has 2 aromatic rings. The van der Waals surface area contributed by atoms with Gasteiger partial charge in [-0.05, 0) is 37.8 Å². The number of carbonyl (C=O) groups is 1. The largest absolute Gasteiger partial charge is 0.312 e. The van der Waals surface area contributed by atoms with E-state index in [1.165, 1.54) is 5.56 Å². The van der Waals surface area contributed by atoms with Crippen molar-refractivity contribution in [2.45, 2.75) is 50.7 Å². The summed E-state index contributed by atoms with van der Waals surface area (Å²) in [6, 6.07) is 8.02. The monoisotopic (exact) mass is 369 g/mol. The summed E-state index contributed by atoms with van der Waals surface area (Å²) in [5, 5.41) is 0.751. The molecule has 3 heterocycles. The van der Waals surface area contributed by atoms with E-state index in [1.807, 2.05) is 36.9 Å². The molecule has 0 radical (unpaired) electrons. The lowest BCUT2D eigenvalue weighted by atomic mass is 10.0. The number of fused-ring (bicyclic) bond motifs is 2. The van der Waals surface area contributed by atoms with Crippen molar-refractivity contribution in [1.82, 2.24) is 9.55 Å². The molecular weight excluding hydrogens is 346 g/mol. The van der Waals surface area contributed by atoms with Crippen molar-refractivity contribution in [3.63, 3.8) is 0 Å². The minimum Gasteiger partial charge on any atom is -0.312 e. The number of nitrogens with zero attached hydrogens (tertiary/aromatic N) is 3. The highest BCUT2D eigenvalue weighted by atomic mass is 32.2. The van der Waals surface area contributed by atoms with Crippen LogP contribution in [0.4, 0.5) is 5.69 Å². The van der Waals surface area contributed by atoms with E-state index in [9.17, 15) is 9.59 Å². The molecule has 1 unspecified atom stereocenters. The molecule has 1 aromatic carbocycles. The van der Waals surface area contributed by atoms with Crippen molar-refractivity contribution in [3.8, 4) is 0 Å². The van der Waals surface area contributed by atoms with Crippen molar-refractivity contribution in [2.75, 3.05) is 17.2 Å². The van der Waals surface area contributed by atoms with Crippen LogP contribution >= 0.6 is 11.8 Å². The Morgan fingerprint density at radius 3 is 2.96 bits per heavy atom. The zero-order valence-corrected chi connectivity index (χ0v) is 16.0. The van der Waals surface area contributed by atoms with Gasteiger partial charge in [-0.3, -0.25) is 14.2 Å². The molecule has 0 fully saturated rings. The number of hydrogen-bond acceptors (Lipinski definition) is 4. The van der Waals surface area contributed by atoms with E-state index in [2.05, 4.69) is 11.1 Å². The SMILES string of the molecule is CCc1c(C)nc2n(c1=O)C(CC(=O)N1CCCc3ccccc31)CS2. The van der Waals surface area contributed by atoms with Crippen LogP contribution in [0.15, 0.2) is 34.2 Å². The molecule has 1 atom stereocenters. The average Bonchev–Trinajstić information content (AvgIpc) is 3.04. The Kier molecular flexibility index (Phi) is 4.61. The maximum absolute atomic E-state index is 13.0. The van der Waals surface area contributed by atoms with E-state index in [4.69, 9.17) is 0 Å². The van der Waals surface area contributed by atoms with Gasteiger partial charge in [-0.2, -0.15) is 0 Å². The van der Waals surface area contributed by atoms with Gasteiger partial charge < -0.3 is 4.90 Å². The van der Waals surface area contributed by atoms with Crippen LogP contribution in [0, 0.1) is 6.92 Å². The van der Waals surface area contributed by atoms with Crippen molar-refractivity contribution in [1.29, 1.82) is 0 Å². The summed E-state index contributed by atoms with van der Waals surface area (Å²) in [5.41, 5.74) is 3.86. The number of anilines is 1. The molecule has 6 heteroatoms. The lowest BCUT2D eigenvalue weighted by Crippen LogP contribution is -2.38. The van der Waals surface area contributed by atoms with E-state index in [-0.39, 0.29) is 17.5 Å². The van der Waals surface area contributed by atoms with Gasteiger partial charge in [0.15, 0.2) is 5.16 Å². The summed E-state index contributed by atoms with van der Waals surface area (Å²) >= 11 is 1.58. The summed E-state index contributed by atoms with van der Waals surface area (Å²) in [7, 11) is 0. The smallest absolute Gasteiger partial charge is 0.257 e. The van der Waals surface area contributed by atoms with Crippen LogP contribution in [0.2, 0.25) is 0 Å². The molecule has 136 valence electrons. The Balaban J connectivity index is 1.61. The molecule has 0 spiro atoms. The Bertz CT molecular complexity index is 922. The number of benzene rings is 1. The van der Waals surface area contributed by atoms with Gasteiger partial charge in [0, 0.05) is 35.7 Å². The third-order valence-electron chi connectivity index (χ3n) is 5.33. The van der Waals surface area contributed by atoms with Gasteiger partial charge in [0.25, 0.3) is 5.56 Å². The first-order valence-corrected chi connectivity index (χ1v) is 10.2. The van der Waals surface area contributed by atoms with E-state index in [0.717, 1.165) is 47.2 Å². The molecule has 1 aromatic heterocycles. The van der Waals surface area contributed by atoms with Gasteiger partial charge in [-0.1, -0.05) is 36.9 Å². The number of para-hydroxylation sites is 1. The first-order valence-electron chi connectivity index (χ1n) is 9.23. The standard InChI is InChI=1S/C20H23N3O2S/c1-3-16-13(2)21-20-23(19(16)25)15(12-26-20)11-18(24)22-10-6-8-14-7-4-5-9-17(14)22/h4-5,7,9,15H,3,6,8,10-12H2,1-2H3. The van der Waals surface area contributed by atoms with Crippen LogP contribution in [0.1, 0.15) is 42.6 Å². The van der Waals surface area contributed by atoms with Gasteiger partial charge in [0.2, 0.25) is 5.91 Å². The fraction of sp³-hybridized carbons (Fsp3) is 0.450. The Hall–Kier alpha value is -2.08. The lowest BCUT2D eigenvalue weighted by molar-refractivity contribution is -0.119. The fourth-order valence-electron chi connectivity index (χ4n) is 3.98. The first-order chi connectivity index (χ1) is 12.6. The van der Waals surface area contributed by atoms with Crippen LogP contribution in [-0.4, -0.2) is 27.8 Å². The summed E-state index contributed by atoms with van der Waals surface area (Å²) in [5.74, 6) is 0.830. The van der Waals surface area contributed by atoms with Gasteiger partial charge in [0.1, 0.15) is 0 Å². The number of hydrogen-bond donors (Lipinski definition) is 0. The van der Waals surface area contributed by atoms with Gasteiger partial charge in [-0.25, -0.2) is 4.98 Å². The predicted molar refractivity (Wildman–Crippen MR) is 104 cm³/mol. The summed E-state index contributed by atoms with van der Waals surface area (Å²) in [6.07, 6.45) is 3.02. The van der Waals surface area contributed by atoms with Crippen LogP contribution in [-0.2, 0) is 17.6 Å². The number of thioether (sulfide) groups is 1. The highest BCUT2D eigenvalue weighted by Gasteiger charge is 2.31. The Labute approximate surface area is 157 Å². The fourth-order valence-corrected chi connectivity index (χ4v) is 5.16. The van der Waals surface area contributed by atoms with Crippen LogP contribution in [0.25, 0.3) is 0 Å². The lowest BCUT2D eigenvalue weighted by Gasteiger charge is -2.30. The molecular formula is C20H23N3O2S. The quantitative estimate of drug-likeness (QED) is 0.780. The van der Waals surface area contributed by atoms with E-state index < -0.39 is 0 Å². The summed E-state index contributed by atoms with van der Waals surface area (Å²) in [4.78, 5) is 32.4. The van der Waals surface area contributed by atoms with Gasteiger partial charge in [-0.15, -0.1) is 0 Å². The Morgan fingerprint density at radius 2 is 2.15 bits per heavy atom. The van der Waals surface area contributed by atoms with Crippen LogP contribution < -0.4 is 10.5 Å². The molecule has 0 saturated heterocycles. The van der Waals surface area contributed by atoms with Gasteiger partial charge >= 0.3 is 0 Å². The number of aryl methyl sites for hydroxylation is 2. The van der Waals surface area contributed by atoms with Crippen molar-refractivity contribution in [2.24, 2.45) is 0 Å². The van der Waals surface area contributed by atoms with Crippen LogP contribution in [0.3, 0.4) is 0 Å². The van der Waals surface area contributed by atoms with E-state index >= 15 is 0 Å². The molecule has 5 nitrogen and oxygen atoms in total. The second-order valence-corrected chi connectivity index (χ2v) is 7.92. The minimum absolute atomic E-state index is 0.0249. The summed E-state index contributed by atoms with van der Waals surface area (Å²) < 4.78 is 1.75. The molecule has 2 aliphatic rings. The Morgan fingerprint density at radius 1 is 1.35 bits per heavy atom. The van der Waals surface area contributed by atoms with E-state index in [0.29, 0.717) is 12.8 Å². The first kappa shape index (κ1) is 17.3. The topological polar surface area (TPSA) is 55.2 Å². The molecule has 0 N–H and O–H groups in total. The zero-order valence-electron chi connectivity index (χ0n) is 15.2. The van der Waals surface area contributed by atoms with Crippen molar-refractivity contribution in [3.05, 3.63) is 51.4 Å². The molecule has 26 heavy (non-hydrogen) atoms. The molecule has 0 aliphatic carbocycles. The second kappa shape index (κ2) is 6.91. The number of aromatic nitrogens is 2. The molecule has 2 aliphatic heterocycles. The molecule has 0 saturated carbocycles. The highest BCUT2D eigenvalue weighted by molar-refractivity contribution is 7.99. The minimum atomic E-state index is -0.109. The maximum Gasteiger partial charge on any atom is 0.257 e. The van der Waals surface area contributed by atoms with Gasteiger partial charge in [0.05, 0.1) is 6.04 Å². The second-order valence-electron chi connectivity index (χ2n) is 6.93. The number of rotatable bonds is 3. The van der Waals surface area contributed by atoms with Crippen molar-refractivity contribution < 1.29 is 4.79 Å². The highest BCUT2D eigenvalue weighted by Crippen LogP contribution is 2.34. The van der Waals surface area contributed by atoms with Crippen molar-refractivity contribution >= 4 is 23.4 Å². The van der Waals surface area contributed by atoms with E-state index in [1.54, 1.807) is 16.3 Å². The average molecular weight is 369 g/mol. The number of carbonyl (C=O) groups excluding carboxylic acids is 1. The third-order valence-corrected chi connectivity index (χ3v) is 6.43. The molecule has 1 amide bonds. The van der Waals surface area contributed by atoms with Crippen LogP contribution in [0.5, 0.6) is 0 Å². The zero-order chi connectivity index (χ0) is 18.3. The predicted octanol–water partition coefficient (Wildman–Crippen LogP) is 3.13. The summed E-state index contributed by atoms with van der Waals surface area (Å²) in [6.45, 7) is 4.62.